The summed E-state index contributed by atoms with van der Waals surface area (Å²) in [6.45, 7) is 9.99. The molecule has 1 atom stereocenters. The minimum absolute atomic E-state index is 0.0436. The third-order valence-electron chi connectivity index (χ3n) is 5.33. The van der Waals surface area contributed by atoms with Crippen molar-refractivity contribution in [3.8, 4) is 5.69 Å². The lowest BCUT2D eigenvalue weighted by molar-refractivity contribution is -0.132. The number of carbonyl (C=O) groups excluding carboxylic acids is 1. The summed E-state index contributed by atoms with van der Waals surface area (Å²) in [4.78, 5) is 32.7. The van der Waals surface area contributed by atoms with Crippen LogP contribution in [0.4, 0.5) is 0 Å². The van der Waals surface area contributed by atoms with E-state index >= 15 is 0 Å². The summed E-state index contributed by atoms with van der Waals surface area (Å²) in [6.07, 6.45) is 0.461. The fourth-order valence-electron chi connectivity index (χ4n) is 3.60. The first-order chi connectivity index (χ1) is 13.7. The molecule has 3 rings (SSSR count). The quantitative estimate of drug-likeness (QED) is 0.640. The van der Waals surface area contributed by atoms with Gasteiger partial charge in [0.2, 0.25) is 5.91 Å². The summed E-state index contributed by atoms with van der Waals surface area (Å²) in [5.74, 6) is 0.880. The monoisotopic (exact) mass is 391 g/mol. The van der Waals surface area contributed by atoms with Crippen molar-refractivity contribution in [1.29, 1.82) is 0 Å². The summed E-state index contributed by atoms with van der Waals surface area (Å²) in [5.41, 5.74) is 3.45. The molecule has 0 spiro atoms. The Morgan fingerprint density at radius 3 is 2.45 bits per heavy atom. The van der Waals surface area contributed by atoms with Crippen molar-refractivity contribution in [3.05, 3.63) is 69.8 Å². The molecule has 1 aromatic heterocycles. The molecule has 0 saturated carbocycles. The van der Waals surface area contributed by atoms with Crippen LogP contribution in [-0.2, 0) is 4.79 Å². The molecule has 3 aromatic rings. The second-order valence-corrected chi connectivity index (χ2v) is 8.20. The minimum atomic E-state index is -0.348. The first-order valence-corrected chi connectivity index (χ1v) is 10.1. The number of benzene rings is 2. The molecule has 29 heavy (non-hydrogen) atoms. The molecular weight excluding hydrogens is 362 g/mol. The van der Waals surface area contributed by atoms with Crippen LogP contribution in [0, 0.1) is 19.8 Å². The standard InChI is InChI=1S/C24H29N3O2/c1-15(2)13-22(28)26(6)18(5)23-25-20-10-8-7-9-19(20)24(29)27(23)21-12-11-16(3)14-17(21)4/h7-12,14-15,18H,13H2,1-6H3. The second-order valence-electron chi connectivity index (χ2n) is 8.20. The van der Waals surface area contributed by atoms with E-state index in [1.54, 1.807) is 22.6 Å². The van der Waals surface area contributed by atoms with Gasteiger partial charge in [0.25, 0.3) is 5.56 Å². The number of amides is 1. The highest BCUT2D eigenvalue weighted by molar-refractivity contribution is 5.79. The molecule has 0 saturated heterocycles. The van der Waals surface area contributed by atoms with Gasteiger partial charge in [-0.05, 0) is 50.5 Å². The Balaban J connectivity index is 2.25. The molecule has 0 aliphatic carbocycles. The lowest BCUT2D eigenvalue weighted by Gasteiger charge is -2.28. The minimum Gasteiger partial charge on any atom is -0.336 e. The average molecular weight is 392 g/mol. The molecule has 0 aliphatic heterocycles. The largest absolute Gasteiger partial charge is 0.336 e. The van der Waals surface area contributed by atoms with Gasteiger partial charge in [0.05, 0.1) is 22.6 Å². The van der Waals surface area contributed by atoms with Gasteiger partial charge in [0.1, 0.15) is 5.82 Å². The fourth-order valence-corrected chi connectivity index (χ4v) is 3.60. The van der Waals surface area contributed by atoms with E-state index in [4.69, 9.17) is 4.98 Å². The fraction of sp³-hybridized carbons (Fsp3) is 0.375. The molecular formula is C24H29N3O2. The zero-order chi connectivity index (χ0) is 21.3. The van der Waals surface area contributed by atoms with Crippen molar-refractivity contribution in [3.63, 3.8) is 0 Å². The van der Waals surface area contributed by atoms with Crippen LogP contribution in [0.3, 0.4) is 0 Å². The topological polar surface area (TPSA) is 55.2 Å². The van der Waals surface area contributed by atoms with E-state index < -0.39 is 0 Å². The van der Waals surface area contributed by atoms with Crippen molar-refractivity contribution >= 4 is 16.8 Å². The van der Waals surface area contributed by atoms with Gasteiger partial charge < -0.3 is 4.90 Å². The zero-order valence-corrected chi connectivity index (χ0v) is 18.1. The van der Waals surface area contributed by atoms with Crippen LogP contribution in [0.5, 0.6) is 0 Å². The van der Waals surface area contributed by atoms with Crippen LogP contribution in [-0.4, -0.2) is 27.4 Å². The predicted octanol–water partition coefficient (Wildman–Crippen LogP) is 4.57. The summed E-state index contributed by atoms with van der Waals surface area (Å²) in [6, 6.07) is 13.0. The van der Waals surface area contributed by atoms with E-state index in [0.717, 1.165) is 16.8 Å². The van der Waals surface area contributed by atoms with E-state index in [-0.39, 0.29) is 23.4 Å². The maximum Gasteiger partial charge on any atom is 0.266 e. The van der Waals surface area contributed by atoms with Crippen LogP contribution in [0.1, 0.15) is 50.2 Å². The normalized spacial score (nSPS) is 12.4. The number of rotatable bonds is 5. The zero-order valence-electron chi connectivity index (χ0n) is 18.1. The molecule has 0 aliphatic rings. The Bertz CT molecular complexity index is 1110. The first kappa shape index (κ1) is 20.8. The molecule has 0 radical (unpaired) electrons. The molecule has 1 heterocycles. The van der Waals surface area contributed by atoms with E-state index in [1.165, 1.54) is 0 Å². The van der Waals surface area contributed by atoms with Gasteiger partial charge in [0.15, 0.2) is 0 Å². The third-order valence-corrected chi connectivity index (χ3v) is 5.33. The van der Waals surface area contributed by atoms with Crippen LogP contribution in [0.15, 0.2) is 47.3 Å². The lowest BCUT2D eigenvalue weighted by Crippen LogP contribution is -2.35. The summed E-state index contributed by atoms with van der Waals surface area (Å²) < 4.78 is 1.67. The average Bonchev–Trinajstić information content (AvgIpc) is 2.67. The molecule has 1 unspecified atom stereocenters. The summed E-state index contributed by atoms with van der Waals surface area (Å²) >= 11 is 0. The van der Waals surface area contributed by atoms with E-state index in [0.29, 0.717) is 23.1 Å². The van der Waals surface area contributed by atoms with Gasteiger partial charge in [-0.3, -0.25) is 14.2 Å². The van der Waals surface area contributed by atoms with E-state index in [1.807, 2.05) is 65.0 Å². The molecule has 5 heteroatoms. The lowest BCUT2D eigenvalue weighted by atomic mass is 10.1. The summed E-state index contributed by atoms with van der Waals surface area (Å²) in [7, 11) is 1.78. The van der Waals surface area contributed by atoms with Crippen molar-refractivity contribution < 1.29 is 4.79 Å². The number of aromatic nitrogens is 2. The number of aryl methyl sites for hydroxylation is 2. The van der Waals surface area contributed by atoms with Crippen LogP contribution >= 0.6 is 0 Å². The number of para-hydroxylation sites is 1. The van der Waals surface area contributed by atoms with Gasteiger partial charge in [0, 0.05) is 13.5 Å². The number of hydrogen-bond donors (Lipinski definition) is 0. The summed E-state index contributed by atoms with van der Waals surface area (Å²) in [5, 5.41) is 0.569. The van der Waals surface area contributed by atoms with Gasteiger partial charge in [-0.1, -0.05) is 43.7 Å². The van der Waals surface area contributed by atoms with E-state index in [2.05, 4.69) is 6.07 Å². The van der Waals surface area contributed by atoms with Crippen molar-refractivity contribution in [2.75, 3.05) is 7.05 Å². The number of carbonyl (C=O) groups is 1. The Kier molecular flexibility index (Phi) is 5.87. The van der Waals surface area contributed by atoms with Crippen LogP contribution in [0.2, 0.25) is 0 Å². The smallest absolute Gasteiger partial charge is 0.266 e. The SMILES string of the molecule is Cc1ccc(-n2c(C(C)N(C)C(=O)CC(C)C)nc3ccccc3c2=O)c(C)c1. The van der Waals surface area contributed by atoms with Crippen molar-refractivity contribution in [2.24, 2.45) is 5.92 Å². The maximum atomic E-state index is 13.5. The molecule has 0 N–H and O–H groups in total. The molecule has 152 valence electrons. The highest BCUT2D eigenvalue weighted by atomic mass is 16.2. The van der Waals surface area contributed by atoms with Gasteiger partial charge >= 0.3 is 0 Å². The van der Waals surface area contributed by atoms with E-state index in [9.17, 15) is 9.59 Å². The molecule has 0 fully saturated rings. The molecule has 0 bridgehead atoms. The predicted molar refractivity (Wildman–Crippen MR) is 117 cm³/mol. The third kappa shape index (κ3) is 4.09. The van der Waals surface area contributed by atoms with Crippen molar-refractivity contribution in [1.82, 2.24) is 14.5 Å². The highest BCUT2D eigenvalue weighted by Gasteiger charge is 2.25. The number of nitrogens with zero attached hydrogens (tertiary/aromatic N) is 3. The second kappa shape index (κ2) is 8.19. The van der Waals surface area contributed by atoms with Crippen LogP contribution < -0.4 is 5.56 Å². The maximum absolute atomic E-state index is 13.5. The number of fused-ring (bicyclic) bond motifs is 1. The Hall–Kier alpha value is -2.95. The molecule has 1 amide bonds. The van der Waals surface area contributed by atoms with Gasteiger partial charge in [-0.15, -0.1) is 0 Å². The number of hydrogen-bond acceptors (Lipinski definition) is 3. The highest BCUT2D eigenvalue weighted by Crippen LogP contribution is 2.24. The Morgan fingerprint density at radius 1 is 1.10 bits per heavy atom. The first-order valence-electron chi connectivity index (χ1n) is 10.1. The van der Waals surface area contributed by atoms with Gasteiger partial charge in [-0.2, -0.15) is 0 Å². The van der Waals surface area contributed by atoms with Crippen molar-refractivity contribution in [2.45, 2.75) is 47.1 Å². The molecule has 2 aromatic carbocycles. The van der Waals surface area contributed by atoms with Gasteiger partial charge in [-0.25, -0.2) is 4.98 Å². The Labute approximate surface area is 172 Å². The Morgan fingerprint density at radius 2 is 1.79 bits per heavy atom. The van der Waals surface area contributed by atoms with Crippen LogP contribution in [0.25, 0.3) is 16.6 Å². The molecule has 5 nitrogen and oxygen atoms in total.